The average molecular weight is 320 g/mol. The van der Waals surface area contributed by atoms with Crippen LogP contribution in [0.5, 0.6) is 5.75 Å². The Kier molecular flexibility index (Phi) is 3.82. The maximum absolute atomic E-state index is 13.5. The van der Waals surface area contributed by atoms with E-state index >= 15 is 0 Å². The van der Waals surface area contributed by atoms with Gasteiger partial charge in [0.15, 0.2) is 0 Å². The third-order valence-corrected chi connectivity index (χ3v) is 4.10. The number of phenols is 1. The molecule has 20 heavy (non-hydrogen) atoms. The van der Waals surface area contributed by atoms with Crippen molar-refractivity contribution >= 4 is 27.3 Å². The summed E-state index contributed by atoms with van der Waals surface area (Å²) in [6.07, 6.45) is 0. The Morgan fingerprint density at radius 3 is 2.40 bits per heavy atom. The molecule has 106 valence electrons. The van der Waals surface area contributed by atoms with E-state index in [0.717, 1.165) is 18.2 Å². The molecule has 2 aromatic rings. The van der Waals surface area contributed by atoms with Gasteiger partial charge in [0.05, 0.1) is 10.7 Å². The molecule has 0 aliphatic heterocycles. The minimum atomic E-state index is -4.26. The summed E-state index contributed by atoms with van der Waals surface area (Å²) in [5.41, 5.74) is -0.348. The van der Waals surface area contributed by atoms with E-state index in [4.69, 9.17) is 11.6 Å². The first-order chi connectivity index (χ1) is 9.31. The highest BCUT2D eigenvalue weighted by atomic mass is 35.5. The molecule has 0 aliphatic rings. The molecule has 0 fully saturated rings. The first kappa shape index (κ1) is 14.5. The third kappa shape index (κ3) is 2.83. The van der Waals surface area contributed by atoms with E-state index in [0.29, 0.717) is 6.07 Å². The highest BCUT2D eigenvalue weighted by Crippen LogP contribution is 2.31. The van der Waals surface area contributed by atoms with Crippen LogP contribution in [0.4, 0.5) is 14.5 Å². The van der Waals surface area contributed by atoms with Gasteiger partial charge in [-0.15, -0.1) is 0 Å². The highest BCUT2D eigenvalue weighted by molar-refractivity contribution is 7.92. The minimum absolute atomic E-state index is 0.348. The van der Waals surface area contributed by atoms with Gasteiger partial charge in [-0.05, 0) is 18.2 Å². The zero-order chi connectivity index (χ0) is 14.9. The number of sulfonamides is 1. The fourth-order valence-electron chi connectivity index (χ4n) is 1.48. The lowest BCUT2D eigenvalue weighted by Gasteiger charge is -2.10. The van der Waals surface area contributed by atoms with Crippen LogP contribution in [-0.2, 0) is 10.0 Å². The number of hydrogen-bond acceptors (Lipinski definition) is 3. The lowest BCUT2D eigenvalue weighted by atomic mass is 10.3. The van der Waals surface area contributed by atoms with Gasteiger partial charge >= 0.3 is 0 Å². The van der Waals surface area contributed by atoms with Crippen LogP contribution in [0.15, 0.2) is 41.3 Å². The molecule has 0 unspecified atom stereocenters. The summed E-state index contributed by atoms with van der Waals surface area (Å²) < 4.78 is 52.4. The molecule has 8 heteroatoms. The molecule has 0 amide bonds. The first-order valence-electron chi connectivity index (χ1n) is 5.26. The molecule has 2 rings (SSSR count). The van der Waals surface area contributed by atoms with Crippen LogP contribution in [-0.4, -0.2) is 13.5 Å². The number of aromatic hydroxyl groups is 1. The van der Waals surface area contributed by atoms with E-state index in [2.05, 4.69) is 0 Å². The molecule has 0 spiro atoms. The Labute approximate surface area is 118 Å². The summed E-state index contributed by atoms with van der Waals surface area (Å²) in [6, 6.07) is 6.26. The maximum atomic E-state index is 13.5. The molecule has 0 saturated carbocycles. The van der Waals surface area contributed by atoms with Crippen LogP contribution in [0.3, 0.4) is 0 Å². The van der Waals surface area contributed by atoms with Gasteiger partial charge in [0.25, 0.3) is 10.0 Å². The van der Waals surface area contributed by atoms with Crippen LogP contribution in [0.1, 0.15) is 0 Å². The van der Waals surface area contributed by atoms with E-state index < -0.39 is 32.3 Å². The summed E-state index contributed by atoms with van der Waals surface area (Å²) in [5.74, 6) is -2.52. The Balaban J connectivity index is 2.44. The monoisotopic (exact) mass is 319 g/mol. The van der Waals surface area contributed by atoms with Crippen LogP contribution >= 0.6 is 11.6 Å². The van der Waals surface area contributed by atoms with Crippen molar-refractivity contribution in [1.82, 2.24) is 0 Å². The van der Waals surface area contributed by atoms with Crippen LogP contribution in [0.2, 0.25) is 5.02 Å². The van der Waals surface area contributed by atoms with E-state index in [9.17, 15) is 22.3 Å². The van der Waals surface area contributed by atoms with Crippen molar-refractivity contribution in [2.75, 3.05) is 4.72 Å². The smallest absolute Gasteiger partial charge is 0.264 e. The van der Waals surface area contributed by atoms with E-state index in [-0.39, 0.29) is 10.7 Å². The summed E-state index contributed by atoms with van der Waals surface area (Å²) in [6.45, 7) is 0. The topological polar surface area (TPSA) is 66.4 Å². The molecule has 2 aromatic carbocycles. The molecule has 2 N–H and O–H groups in total. The number of rotatable bonds is 3. The second-order valence-electron chi connectivity index (χ2n) is 3.82. The van der Waals surface area contributed by atoms with Gasteiger partial charge in [0.2, 0.25) is 0 Å². The zero-order valence-electron chi connectivity index (χ0n) is 9.77. The molecule has 0 heterocycles. The van der Waals surface area contributed by atoms with Gasteiger partial charge < -0.3 is 5.11 Å². The van der Waals surface area contributed by atoms with Crippen molar-refractivity contribution in [3.63, 3.8) is 0 Å². The largest absolute Gasteiger partial charge is 0.506 e. The Morgan fingerprint density at radius 2 is 1.75 bits per heavy atom. The number of nitrogens with one attached hydrogen (secondary N) is 1. The van der Waals surface area contributed by atoms with E-state index in [1.165, 1.54) is 12.1 Å². The minimum Gasteiger partial charge on any atom is -0.506 e. The molecule has 0 saturated heterocycles. The van der Waals surface area contributed by atoms with Gasteiger partial charge in [-0.2, -0.15) is 0 Å². The molecule has 0 aromatic heterocycles. The summed E-state index contributed by atoms with van der Waals surface area (Å²) in [7, 11) is -4.26. The van der Waals surface area contributed by atoms with Crippen molar-refractivity contribution in [2.24, 2.45) is 0 Å². The fraction of sp³-hybridized carbons (Fsp3) is 0. The standard InChI is InChI=1S/C12H8ClF2NO3S/c13-7-5-10(11(17)6-9(7)15)16-20(18,19)12-4-2-1-3-8(12)14/h1-6,16-17H. The molecule has 0 aliphatic carbocycles. The van der Waals surface area contributed by atoms with Gasteiger partial charge in [-0.1, -0.05) is 23.7 Å². The van der Waals surface area contributed by atoms with Gasteiger partial charge in [-0.25, -0.2) is 17.2 Å². The van der Waals surface area contributed by atoms with Gasteiger partial charge in [0, 0.05) is 6.07 Å². The van der Waals surface area contributed by atoms with E-state index in [1.807, 2.05) is 4.72 Å². The Morgan fingerprint density at radius 1 is 1.10 bits per heavy atom. The van der Waals surface area contributed by atoms with Gasteiger partial charge in [-0.3, -0.25) is 4.72 Å². The van der Waals surface area contributed by atoms with Crippen LogP contribution in [0, 0.1) is 11.6 Å². The predicted molar refractivity (Wildman–Crippen MR) is 70.3 cm³/mol. The summed E-state index contributed by atoms with van der Waals surface area (Å²) >= 11 is 5.50. The van der Waals surface area contributed by atoms with Crippen molar-refractivity contribution < 1.29 is 22.3 Å². The Hall–Kier alpha value is -1.86. The SMILES string of the molecule is O=S(=O)(Nc1cc(Cl)c(F)cc1O)c1ccccc1F. The van der Waals surface area contributed by atoms with Crippen molar-refractivity contribution in [3.05, 3.63) is 53.1 Å². The van der Waals surface area contributed by atoms with Crippen molar-refractivity contribution in [1.29, 1.82) is 0 Å². The number of hydrogen-bond donors (Lipinski definition) is 2. The highest BCUT2D eigenvalue weighted by Gasteiger charge is 2.20. The van der Waals surface area contributed by atoms with Crippen LogP contribution in [0.25, 0.3) is 0 Å². The molecular formula is C12H8ClF2NO3S. The second-order valence-corrected chi connectivity index (χ2v) is 5.88. The van der Waals surface area contributed by atoms with Crippen LogP contribution < -0.4 is 4.72 Å². The first-order valence-corrected chi connectivity index (χ1v) is 7.13. The summed E-state index contributed by atoms with van der Waals surface area (Å²) in [4.78, 5) is -0.597. The molecular weight excluding hydrogens is 312 g/mol. The number of phenolic OH excluding ortho intramolecular Hbond substituents is 1. The summed E-state index contributed by atoms with van der Waals surface area (Å²) in [5, 5.41) is 9.10. The zero-order valence-corrected chi connectivity index (χ0v) is 11.3. The molecule has 0 radical (unpaired) electrons. The normalized spacial score (nSPS) is 11.3. The fourth-order valence-corrected chi connectivity index (χ4v) is 2.79. The lowest BCUT2D eigenvalue weighted by molar-refractivity contribution is 0.471. The number of anilines is 1. The third-order valence-electron chi connectivity index (χ3n) is 2.41. The Bertz CT molecular complexity index is 765. The quantitative estimate of drug-likeness (QED) is 0.854. The second kappa shape index (κ2) is 5.26. The number of benzene rings is 2. The molecule has 4 nitrogen and oxygen atoms in total. The van der Waals surface area contributed by atoms with Crippen molar-refractivity contribution in [3.8, 4) is 5.75 Å². The van der Waals surface area contributed by atoms with Crippen molar-refractivity contribution in [2.45, 2.75) is 4.90 Å². The maximum Gasteiger partial charge on any atom is 0.264 e. The molecule has 0 bridgehead atoms. The predicted octanol–water partition coefficient (Wildman–Crippen LogP) is 3.12. The average Bonchev–Trinajstić information content (AvgIpc) is 2.36. The lowest BCUT2D eigenvalue weighted by Crippen LogP contribution is -2.14. The molecule has 0 atom stereocenters. The van der Waals surface area contributed by atoms with Gasteiger partial charge in [0.1, 0.15) is 22.3 Å². The van der Waals surface area contributed by atoms with E-state index in [1.54, 1.807) is 0 Å². The number of halogens is 3.